The molecule has 0 saturated carbocycles. The van der Waals surface area contributed by atoms with Gasteiger partial charge in [-0.3, -0.25) is 4.90 Å². The minimum Gasteiger partial charge on any atom is -0.497 e. The third kappa shape index (κ3) is 4.14. The van der Waals surface area contributed by atoms with E-state index in [2.05, 4.69) is 23.6 Å². The first kappa shape index (κ1) is 16.5. The highest BCUT2D eigenvalue weighted by Gasteiger charge is 2.39. The zero-order chi connectivity index (χ0) is 16.1. The predicted octanol–water partition coefficient (Wildman–Crippen LogP) is 3.02. The van der Waals surface area contributed by atoms with Crippen molar-refractivity contribution < 1.29 is 14.2 Å². The molecule has 23 heavy (non-hydrogen) atoms. The number of likely N-dealkylation sites (tertiary alicyclic amines) is 1. The SMILES string of the molecule is C=CCOC[C@H]1CC[C@@H]2[C@@H](CCN2Cc2ccc(OC)cc2)O1. The van der Waals surface area contributed by atoms with Crippen LogP contribution in [0.15, 0.2) is 36.9 Å². The Balaban J connectivity index is 1.51. The molecule has 0 N–H and O–H groups in total. The van der Waals surface area contributed by atoms with Crippen molar-refractivity contribution in [1.82, 2.24) is 4.90 Å². The number of benzene rings is 1. The second-order valence-corrected chi connectivity index (χ2v) is 6.37. The zero-order valence-corrected chi connectivity index (χ0v) is 13.9. The maximum absolute atomic E-state index is 6.24. The number of ether oxygens (including phenoxy) is 3. The van der Waals surface area contributed by atoms with Crippen molar-refractivity contribution in [3.8, 4) is 5.75 Å². The maximum Gasteiger partial charge on any atom is 0.118 e. The number of nitrogens with zero attached hydrogens (tertiary/aromatic N) is 1. The molecule has 2 aliphatic rings. The normalized spacial score (nSPS) is 27.6. The van der Waals surface area contributed by atoms with E-state index in [1.54, 1.807) is 13.2 Å². The molecular formula is C19H27NO3. The van der Waals surface area contributed by atoms with Gasteiger partial charge in [0.2, 0.25) is 0 Å². The molecule has 4 nitrogen and oxygen atoms in total. The van der Waals surface area contributed by atoms with Crippen LogP contribution in [0, 0.1) is 0 Å². The Morgan fingerprint density at radius 1 is 1.26 bits per heavy atom. The molecular weight excluding hydrogens is 290 g/mol. The van der Waals surface area contributed by atoms with Crippen LogP contribution in [0.3, 0.4) is 0 Å². The number of hydrogen-bond donors (Lipinski definition) is 0. The molecule has 2 saturated heterocycles. The smallest absolute Gasteiger partial charge is 0.118 e. The highest BCUT2D eigenvalue weighted by atomic mass is 16.5. The highest BCUT2D eigenvalue weighted by molar-refractivity contribution is 5.27. The lowest BCUT2D eigenvalue weighted by Gasteiger charge is -2.36. The summed E-state index contributed by atoms with van der Waals surface area (Å²) >= 11 is 0. The summed E-state index contributed by atoms with van der Waals surface area (Å²) in [5.41, 5.74) is 1.34. The molecule has 0 unspecified atom stereocenters. The zero-order valence-electron chi connectivity index (χ0n) is 13.9. The van der Waals surface area contributed by atoms with Crippen LogP contribution in [0.5, 0.6) is 5.75 Å². The first-order valence-corrected chi connectivity index (χ1v) is 8.51. The van der Waals surface area contributed by atoms with Crippen LogP contribution in [0.4, 0.5) is 0 Å². The monoisotopic (exact) mass is 317 g/mol. The van der Waals surface area contributed by atoms with Crippen LogP contribution in [-0.4, -0.2) is 50.0 Å². The molecule has 3 rings (SSSR count). The predicted molar refractivity (Wildman–Crippen MR) is 90.7 cm³/mol. The number of rotatable bonds is 7. The molecule has 3 atom stereocenters. The fraction of sp³-hybridized carbons (Fsp3) is 0.579. The van der Waals surface area contributed by atoms with Crippen molar-refractivity contribution in [2.75, 3.05) is 26.9 Å². The minimum atomic E-state index is 0.247. The number of methoxy groups -OCH3 is 1. The van der Waals surface area contributed by atoms with Gasteiger partial charge in [-0.15, -0.1) is 6.58 Å². The molecule has 0 amide bonds. The van der Waals surface area contributed by atoms with Crippen molar-refractivity contribution in [3.05, 3.63) is 42.5 Å². The second-order valence-electron chi connectivity index (χ2n) is 6.37. The third-order valence-electron chi connectivity index (χ3n) is 4.83. The first-order valence-electron chi connectivity index (χ1n) is 8.51. The van der Waals surface area contributed by atoms with E-state index in [-0.39, 0.29) is 6.10 Å². The quantitative estimate of drug-likeness (QED) is 0.571. The van der Waals surface area contributed by atoms with Crippen LogP contribution >= 0.6 is 0 Å². The molecule has 2 aliphatic heterocycles. The fourth-order valence-electron chi connectivity index (χ4n) is 3.65. The van der Waals surface area contributed by atoms with Gasteiger partial charge in [-0.25, -0.2) is 0 Å². The Hall–Kier alpha value is -1.36. The van der Waals surface area contributed by atoms with Crippen LogP contribution in [-0.2, 0) is 16.0 Å². The average molecular weight is 317 g/mol. The molecule has 2 fully saturated rings. The Kier molecular flexibility index (Phi) is 5.70. The molecule has 0 spiro atoms. The van der Waals surface area contributed by atoms with Crippen molar-refractivity contribution in [3.63, 3.8) is 0 Å². The summed E-state index contributed by atoms with van der Waals surface area (Å²) in [4.78, 5) is 2.56. The van der Waals surface area contributed by atoms with E-state index >= 15 is 0 Å². The van der Waals surface area contributed by atoms with Crippen molar-refractivity contribution >= 4 is 0 Å². The van der Waals surface area contributed by atoms with E-state index in [4.69, 9.17) is 14.2 Å². The Morgan fingerprint density at radius 3 is 2.83 bits per heavy atom. The van der Waals surface area contributed by atoms with Gasteiger partial charge >= 0.3 is 0 Å². The molecule has 0 radical (unpaired) electrons. The van der Waals surface area contributed by atoms with E-state index in [0.717, 1.165) is 31.7 Å². The molecule has 0 aliphatic carbocycles. The van der Waals surface area contributed by atoms with Crippen LogP contribution in [0.1, 0.15) is 24.8 Å². The third-order valence-corrected chi connectivity index (χ3v) is 4.83. The number of hydrogen-bond acceptors (Lipinski definition) is 4. The first-order chi connectivity index (χ1) is 11.3. The molecule has 4 heteroatoms. The summed E-state index contributed by atoms with van der Waals surface area (Å²) in [6.45, 7) is 7.08. The van der Waals surface area contributed by atoms with Crippen molar-refractivity contribution in [2.24, 2.45) is 0 Å². The fourth-order valence-corrected chi connectivity index (χ4v) is 3.65. The van der Waals surface area contributed by atoms with Gasteiger partial charge in [0, 0.05) is 19.1 Å². The van der Waals surface area contributed by atoms with E-state index in [9.17, 15) is 0 Å². The van der Waals surface area contributed by atoms with Gasteiger partial charge in [0.05, 0.1) is 32.5 Å². The molecule has 0 bridgehead atoms. The summed E-state index contributed by atoms with van der Waals surface area (Å²) in [7, 11) is 1.70. The Labute approximate surface area is 139 Å². The van der Waals surface area contributed by atoms with Crippen LogP contribution < -0.4 is 4.74 Å². The lowest BCUT2D eigenvalue weighted by Crippen LogP contribution is -2.43. The lowest BCUT2D eigenvalue weighted by molar-refractivity contribution is -0.0971. The molecule has 126 valence electrons. The number of fused-ring (bicyclic) bond motifs is 1. The standard InChI is InChI=1S/C19H27NO3/c1-3-12-22-14-17-8-9-18-19(23-17)10-11-20(18)13-15-4-6-16(21-2)7-5-15/h3-7,17-19H,1,8-14H2,2H3/t17-,18-,19-/m1/s1. The van der Waals surface area contributed by atoms with Gasteiger partial charge in [0.25, 0.3) is 0 Å². The lowest BCUT2D eigenvalue weighted by atomic mass is 9.99. The van der Waals surface area contributed by atoms with Gasteiger partial charge in [0.15, 0.2) is 0 Å². The van der Waals surface area contributed by atoms with Gasteiger partial charge < -0.3 is 14.2 Å². The van der Waals surface area contributed by atoms with Gasteiger partial charge in [-0.05, 0) is 37.0 Å². The van der Waals surface area contributed by atoms with E-state index in [1.807, 2.05) is 12.1 Å². The van der Waals surface area contributed by atoms with Crippen molar-refractivity contribution in [2.45, 2.75) is 44.1 Å². The summed E-state index contributed by atoms with van der Waals surface area (Å²) < 4.78 is 17.0. The summed E-state index contributed by atoms with van der Waals surface area (Å²) in [6.07, 6.45) is 5.80. The van der Waals surface area contributed by atoms with E-state index < -0.39 is 0 Å². The molecule has 1 aromatic rings. The summed E-state index contributed by atoms with van der Waals surface area (Å²) in [5, 5.41) is 0. The van der Waals surface area contributed by atoms with Crippen LogP contribution in [0.25, 0.3) is 0 Å². The average Bonchev–Trinajstić information content (AvgIpc) is 2.98. The molecule has 2 heterocycles. The van der Waals surface area contributed by atoms with E-state index in [0.29, 0.717) is 25.4 Å². The highest BCUT2D eigenvalue weighted by Crippen LogP contribution is 2.32. The molecule has 0 aromatic heterocycles. The maximum atomic E-state index is 6.24. The molecule has 1 aromatic carbocycles. The van der Waals surface area contributed by atoms with Crippen LogP contribution in [0.2, 0.25) is 0 Å². The van der Waals surface area contributed by atoms with Crippen molar-refractivity contribution in [1.29, 1.82) is 0 Å². The minimum absolute atomic E-state index is 0.247. The summed E-state index contributed by atoms with van der Waals surface area (Å²) in [5.74, 6) is 0.913. The van der Waals surface area contributed by atoms with Gasteiger partial charge in [-0.2, -0.15) is 0 Å². The summed E-state index contributed by atoms with van der Waals surface area (Å²) in [6, 6.07) is 8.93. The van der Waals surface area contributed by atoms with Gasteiger partial charge in [0.1, 0.15) is 5.75 Å². The second kappa shape index (κ2) is 7.95. The van der Waals surface area contributed by atoms with E-state index in [1.165, 1.54) is 12.0 Å². The topological polar surface area (TPSA) is 30.9 Å². The van der Waals surface area contributed by atoms with Gasteiger partial charge in [-0.1, -0.05) is 18.2 Å². The Morgan fingerprint density at radius 2 is 2.09 bits per heavy atom. The largest absolute Gasteiger partial charge is 0.497 e. The Bertz CT molecular complexity index is 502.